The van der Waals surface area contributed by atoms with Gasteiger partial charge in [-0.2, -0.15) is 11.8 Å². The summed E-state index contributed by atoms with van der Waals surface area (Å²) < 4.78 is 4.65. The molecule has 0 bridgehead atoms. The normalized spacial score (nSPS) is 11.6. The van der Waals surface area contributed by atoms with Crippen LogP contribution in [0.4, 0.5) is 0 Å². The number of unbranched alkanes of at least 4 members (excludes halogenated alkanes) is 8. The molecule has 0 aliphatic heterocycles. The Kier molecular flexibility index (Phi) is 13.2. The zero-order valence-electron chi connectivity index (χ0n) is 13.4. The van der Waals surface area contributed by atoms with E-state index in [2.05, 4.69) is 22.2 Å². The van der Waals surface area contributed by atoms with Gasteiger partial charge in [-0.05, 0) is 38.7 Å². The first-order valence-electron chi connectivity index (χ1n) is 7.83. The third kappa shape index (κ3) is 13.3. The Morgan fingerprint density at radius 2 is 1.40 bits per heavy atom. The monoisotopic (exact) mass is 366 g/mol. The lowest BCUT2D eigenvalue weighted by molar-refractivity contribution is -0.145. The molecule has 2 nitrogen and oxygen atoms in total. The van der Waals surface area contributed by atoms with Gasteiger partial charge in [0.15, 0.2) is 0 Å². The zero-order chi connectivity index (χ0) is 15.3. The molecule has 0 aromatic carbocycles. The Morgan fingerprint density at radius 1 is 0.950 bits per heavy atom. The lowest BCUT2D eigenvalue weighted by Gasteiger charge is -2.14. The van der Waals surface area contributed by atoms with E-state index in [0.29, 0.717) is 6.61 Å². The minimum absolute atomic E-state index is 0.164. The first-order chi connectivity index (χ1) is 9.48. The van der Waals surface area contributed by atoms with Crippen LogP contribution in [0, 0.1) is 0 Å². The highest BCUT2D eigenvalue weighted by atomic mass is 79.9. The molecule has 0 aromatic heterocycles. The summed E-state index contributed by atoms with van der Waals surface area (Å²) in [6.45, 7) is 4.19. The number of rotatable bonds is 13. The van der Waals surface area contributed by atoms with Gasteiger partial charge in [-0.15, -0.1) is 0 Å². The van der Waals surface area contributed by atoms with Crippen molar-refractivity contribution < 1.29 is 9.53 Å². The number of hydrogen-bond acceptors (Lipinski definition) is 3. The fourth-order valence-electron chi connectivity index (χ4n) is 1.92. The van der Waals surface area contributed by atoms with Crippen molar-refractivity contribution in [3.63, 3.8) is 0 Å². The summed E-state index contributed by atoms with van der Waals surface area (Å²) >= 11 is 5.25. The Morgan fingerprint density at radius 3 is 1.85 bits per heavy atom. The van der Waals surface area contributed by atoms with Gasteiger partial charge in [0.2, 0.25) is 0 Å². The second-order valence-corrected chi connectivity index (χ2v) is 8.75. The van der Waals surface area contributed by atoms with Crippen LogP contribution in [-0.4, -0.2) is 28.9 Å². The minimum Gasteiger partial charge on any atom is -0.465 e. The number of alkyl halides is 1. The smallest absolute Gasteiger partial charge is 0.322 e. The van der Waals surface area contributed by atoms with Crippen LogP contribution >= 0.6 is 27.7 Å². The van der Waals surface area contributed by atoms with Crippen molar-refractivity contribution in [3.8, 4) is 0 Å². The van der Waals surface area contributed by atoms with Gasteiger partial charge in [0.05, 0.1) is 6.61 Å². The maximum Gasteiger partial charge on any atom is 0.322 e. The SMILES string of the molecule is CSCCCCCCCCCCCOC(=O)C(C)(C)Br. The molecule has 0 aliphatic carbocycles. The zero-order valence-corrected chi connectivity index (χ0v) is 15.8. The van der Waals surface area contributed by atoms with Crippen molar-refractivity contribution >= 4 is 33.7 Å². The van der Waals surface area contributed by atoms with Crippen LogP contribution in [0.15, 0.2) is 0 Å². The van der Waals surface area contributed by atoms with E-state index in [1.807, 2.05) is 25.6 Å². The molecule has 0 unspecified atom stereocenters. The van der Waals surface area contributed by atoms with Gasteiger partial charge in [-0.1, -0.05) is 60.9 Å². The molecule has 0 atom stereocenters. The second kappa shape index (κ2) is 13.0. The predicted octanol–water partition coefficient (Wildman–Crippen LogP) is 5.58. The molecular formula is C16H31BrO2S. The van der Waals surface area contributed by atoms with Gasteiger partial charge in [0.25, 0.3) is 0 Å². The van der Waals surface area contributed by atoms with Crippen molar-refractivity contribution in [3.05, 3.63) is 0 Å². The van der Waals surface area contributed by atoms with Gasteiger partial charge in [0.1, 0.15) is 4.32 Å². The topological polar surface area (TPSA) is 26.3 Å². The molecule has 20 heavy (non-hydrogen) atoms. The van der Waals surface area contributed by atoms with Gasteiger partial charge in [0, 0.05) is 0 Å². The van der Waals surface area contributed by atoms with E-state index < -0.39 is 4.32 Å². The lowest BCUT2D eigenvalue weighted by atomic mass is 10.1. The maximum atomic E-state index is 11.5. The number of carbonyl (C=O) groups excluding carboxylic acids is 1. The van der Waals surface area contributed by atoms with Crippen molar-refractivity contribution in [2.75, 3.05) is 18.6 Å². The quantitative estimate of drug-likeness (QED) is 0.242. The number of esters is 1. The lowest BCUT2D eigenvalue weighted by Crippen LogP contribution is -2.26. The standard InChI is InChI=1S/C16H31BrO2S/c1-16(2,17)15(18)19-13-11-9-7-5-4-6-8-10-12-14-20-3/h4-14H2,1-3H3. The maximum absolute atomic E-state index is 11.5. The van der Waals surface area contributed by atoms with Crippen molar-refractivity contribution in [1.29, 1.82) is 0 Å². The van der Waals surface area contributed by atoms with Gasteiger partial charge in [-0.3, -0.25) is 4.79 Å². The summed E-state index contributed by atoms with van der Waals surface area (Å²) in [4.78, 5) is 11.5. The third-order valence-corrected chi connectivity index (χ3v) is 4.23. The van der Waals surface area contributed by atoms with Gasteiger partial charge in [-0.25, -0.2) is 0 Å². The van der Waals surface area contributed by atoms with E-state index in [-0.39, 0.29) is 5.97 Å². The fourth-order valence-corrected chi connectivity index (χ4v) is 2.53. The molecule has 0 fully saturated rings. The summed E-state index contributed by atoms with van der Waals surface area (Å²) in [6.07, 6.45) is 13.8. The summed E-state index contributed by atoms with van der Waals surface area (Å²) in [5, 5.41) is 0. The highest BCUT2D eigenvalue weighted by molar-refractivity contribution is 9.10. The summed E-state index contributed by atoms with van der Waals surface area (Å²) in [7, 11) is 0. The van der Waals surface area contributed by atoms with Crippen LogP contribution in [0.2, 0.25) is 0 Å². The molecule has 0 amide bonds. The number of ether oxygens (including phenoxy) is 1. The van der Waals surface area contributed by atoms with E-state index in [0.717, 1.165) is 6.42 Å². The van der Waals surface area contributed by atoms with Crippen LogP contribution in [0.25, 0.3) is 0 Å². The number of carbonyl (C=O) groups is 1. The number of hydrogen-bond donors (Lipinski definition) is 0. The molecule has 0 spiro atoms. The third-order valence-electron chi connectivity index (χ3n) is 3.21. The van der Waals surface area contributed by atoms with E-state index in [1.54, 1.807) is 0 Å². The molecular weight excluding hydrogens is 336 g/mol. The van der Waals surface area contributed by atoms with Crippen LogP contribution in [-0.2, 0) is 9.53 Å². The fraction of sp³-hybridized carbons (Fsp3) is 0.938. The molecule has 0 N–H and O–H groups in total. The molecule has 4 heteroatoms. The van der Waals surface area contributed by atoms with Crippen LogP contribution in [0.5, 0.6) is 0 Å². The second-order valence-electron chi connectivity index (χ2n) is 5.78. The van der Waals surface area contributed by atoms with E-state index >= 15 is 0 Å². The van der Waals surface area contributed by atoms with Crippen molar-refractivity contribution in [2.24, 2.45) is 0 Å². The Balaban J connectivity index is 3.16. The Hall–Kier alpha value is 0.300. The molecule has 0 heterocycles. The van der Waals surface area contributed by atoms with E-state index in [4.69, 9.17) is 4.74 Å². The summed E-state index contributed by atoms with van der Waals surface area (Å²) in [5.41, 5.74) is 0. The predicted molar refractivity (Wildman–Crippen MR) is 93.9 cm³/mol. The molecule has 0 rings (SSSR count). The van der Waals surface area contributed by atoms with Crippen LogP contribution < -0.4 is 0 Å². The van der Waals surface area contributed by atoms with Crippen molar-refractivity contribution in [2.45, 2.75) is 76.0 Å². The molecule has 0 aromatic rings. The Labute approximate surface area is 137 Å². The summed E-state index contributed by atoms with van der Waals surface area (Å²) in [6, 6.07) is 0. The van der Waals surface area contributed by atoms with E-state index in [1.165, 1.54) is 57.1 Å². The summed E-state index contributed by atoms with van der Waals surface area (Å²) in [5.74, 6) is 1.15. The molecule has 0 radical (unpaired) electrons. The molecule has 0 saturated heterocycles. The number of halogens is 1. The Bertz CT molecular complexity index is 239. The molecule has 120 valence electrons. The van der Waals surface area contributed by atoms with E-state index in [9.17, 15) is 4.79 Å². The van der Waals surface area contributed by atoms with Gasteiger partial charge < -0.3 is 4.74 Å². The first-order valence-corrected chi connectivity index (χ1v) is 10.0. The van der Waals surface area contributed by atoms with Crippen LogP contribution in [0.3, 0.4) is 0 Å². The highest BCUT2D eigenvalue weighted by Gasteiger charge is 2.24. The van der Waals surface area contributed by atoms with Crippen molar-refractivity contribution in [1.82, 2.24) is 0 Å². The molecule has 0 aliphatic rings. The average molecular weight is 367 g/mol. The average Bonchev–Trinajstić information content (AvgIpc) is 2.38. The largest absolute Gasteiger partial charge is 0.465 e. The van der Waals surface area contributed by atoms with Gasteiger partial charge >= 0.3 is 5.97 Å². The minimum atomic E-state index is -0.552. The number of thioether (sulfide) groups is 1. The highest BCUT2D eigenvalue weighted by Crippen LogP contribution is 2.17. The van der Waals surface area contributed by atoms with Crippen LogP contribution in [0.1, 0.15) is 71.6 Å². The first kappa shape index (κ1) is 20.3. The molecule has 0 saturated carbocycles.